The topological polar surface area (TPSA) is 73.9 Å². The second kappa shape index (κ2) is 29.8. The molecule has 0 fully saturated rings. The van der Waals surface area contributed by atoms with E-state index >= 15 is 0 Å². The second-order valence-corrected chi connectivity index (χ2v) is 2.12. The first-order valence-electron chi connectivity index (χ1n) is 4.42. The number of carbonyl (C=O) groups is 1. The normalized spacial score (nSPS) is 7.35. The molecule has 0 saturated heterocycles. The summed E-state index contributed by atoms with van der Waals surface area (Å²) in [5.41, 5.74) is 0. The molecule has 0 amide bonds. The van der Waals surface area contributed by atoms with E-state index in [4.69, 9.17) is 17.1 Å². The van der Waals surface area contributed by atoms with Gasteiger partial charge in [0.05, 0.1) is 12.7 Å². The summed E-state index contributed by atoms with van der Waals surface area (Å²) in [7, 11) is 0. The number of ether oxygens (including phenoxy) is 1. The van der Waals surface area contributed by atoms with Crippen molar-refractivity contribution in [2.75, 3.05) is 6.61 Å². The predicted molar refractivity (Wildman–Crippen MR) is 62.9 cm³/mol. The molecule has 4 nitrogen and oxygen atoms in total. The molecule has 0 rings (SSSR count). The molecule has 0 radical (unpaired) electrons. The molecule has 0 aliphatic heterocycles. The van der Waals surface area contributed by atoms with Crippen LogP contribution >= 0.6 is 19.8 Å². The van der Waals surface area contributed by atoms with E-state index in [0.717, 1.165) is 6.42 Å². The van der Waals surface area contributed by atoms with E-state index in [1.54, 1.807) is 13.0 Å². The third-order valence-electron chi connectivity index (χ3n) is 1.13. The number of esters is 1. The summed E-state index contributed by atoms with van der Waals surface area (Å²) in [5, 5.41) is 14.4. The molecule has 0 aliphatic rings. The van der Waals surface area contributed by atoms with Crippen molar-refractivity contribution >= 4 is 25.7 Å². The van der Waals surface area contributed by atoms with Crippen LogP contribution in [0.2, 0.25) is 0 Å². The van der Waals surface area contributed by atoms with Gasteiger partial charge in [0.2, 0.25) is 0 Å². The summed E-state index contributed by atoms with van der Waals surface area (Å²) in [6.07, 6.45) is 6.04. The first-order chi connectivity index (χ1) is 7.81. The van der Waals surface area contributed by atoms with Gasteiger partial charge in [0.15, 0.2) is 0 Å². The molecule has 0 aliphatic carbocycles. The van der Waals surface area contributed by atoms with Gasteiger partial charge < -0.3 is 22.6 Å². The van der Waals surface area contributed by atoms with Crippen molar-refractivity contribution in [1.82, 2.24) is 0 Å². The maximum absolute atomic E-state index is 10.6. The number of nitrogens with zero attached hydrogens (tertiary/aromatic N) is 2. The van der Waals surface area contributed by atoms with Gasteiger partial charge in [0, 0.05) is 6.42 Å². The van der Waals surface area contributed by atoms with Crippen molar-refractivity contribution in [1.29, 1.82) is 10.5 Å². The molecule has 94 valence electrons. The molecule has 0 saturated carbocycles. The van der Waals surface area contributed by atoms with Gasteiger partial charge in [-0.1, -0.05) is 6.42 Å². The van der Waals surface area contributed by atoms with Crippen molar-refractivity contribution in [3.63, 3.8) is 0 Å². The molecular formula is C10H12CuIN2O2Zn. The molecule has 0 aromatic heterocycles. The Bertz CT molecular complexity index is 242. The summed E-state index contributed by atoms with van der Waals surface area (Å²) >= 11 is 3.62. The average molecular weight is 448 g/mol. The summed E-state index contributed by atoms with van der Waals surface area (Å²) in [6, 6.07) is 2.02. The summed E-state index contributed by atoms with van der Waals surface area (Å²) < 4.78 is 4.60. The van der Waals surface area contributed by atoms with Crippen LogP contribution in [-0.4, -0.2) is 12.6 Å². The number of rotatable bonds is 5. The minimum atomic E-state index is -0.436. The van der Waals surface area contributed by atoms with Crippen LogP contribution in [0, 0.1) is 29.2 Å². The van der Waals surface area contributed by atoms with E-state index in [0.29, 0.717) is 19.4 Å². The van der Waals surface area contributed by atoms with Crippen LogP contribution < -0.4 is 0 Å². The Kier molecular flexibility index (Phi) is 45.2. The van der Waals surface area contributed by atoms with E-state index in [9.17, 15) is 4.79 Å². The first kappa shape index (κ1) is 25.8. The van der Waals surface area contributed by atoms with Crippen LogP contribution in [0.25, 0.3) is 0 Å². The van der Waals surface area contributed by atoms with Gasteiger partial charge in [-0.2, -0.15) is 5.26 Å². The van der Waals surface area contributed by atoms with E-state index in [2.05, 4.69) is 30.6 Å². The molecule has 7 heteroatoms. The van der Waals surface area contributed by atoms with Crippen LogP contribution in [0.1, 0.15) is 26.2 Å². The number of carbonyl (C=O) groups excluding carboxylic acids is 1. The maximum atomic E-state index is 10.6. The predicted octanol–water partition coefficient (Wildman–Crippen LogP) is 2.58. The zero-order valence-electron chi connectivity index (χ0n) is 9.50. The van der Waals surface area contributed by atoms with Crippen LogP contribution in [0.5, 0.6) is 0 Å². The van der Waals surface area contributed by atoms with E-state index in [-0.39, 0.29) is 17.1 Å². The zero-order chi connectivity index (χ0) is 13.2. The molecule has 0 aromatic carbocycles. The molecule has 0 N–H and O–H groups in total. The monoisotopic (exact) mass is 446 g/mol. The number of unbranched alkanes of at least 4 members (excludes halogenated alkanes) is 2. The number of hydrogen-bond acceptors (Lipinski definition) is 4. The minimum absolute atomic E-state index is 0. The third-order valence-corrected chi connectivity index (χ3v) is 1.13. The fraction of sp³-hybridized carbons (Fsp3) is 0.500. The molecule has 0 spiro atoms. The SMILES string of the molecule is CCOC(=O)[C-]=CCCCC#N.[C-]#N.[Cu+].[Zn+][I]. The van der Waals surface area contributed by atoms with Crippen molar-refractivity contribution in [3.8, 4) is 6.07 Å². The van der Waals surface area contributed by atoms with Gasteiger partial charge in [-0.25, -0.2) is 0 Å². The Morgan fingerprint density at radius 2 is 2.12 bits per heavy atom. The van der Waals surface area contributed by atoms with Crippen molar-refractivity contribution in [2.45, 2.75) is 26.2 Å². The van der Waals surface area contributed by atoms with E-state index < -0.39 is 5.97 Å². The molecule has 0 aromatic rings. The van der Waals surface area contributed by atoms with Crippen molar-refractivity contribution in [3.05, 3.63) is 18.7 Å². The van der Waals surface area contributed by atoms with E-state index in [1.165, 1.54) is 14.8 Å². The van der Waals surface area contributed by atoms with Gasteiger partial charge in [-0.05, 0) is 13.3 Å². The van der Waals surface area contributed by atoms with Crippen molar-refractivity contribution < 1.29 is 41.4 Å². The summed E-state index contributed by atoms with van der Waals surface area (Å²) in [6.45, 7) is 6.87. The zero-order valence-corrected chi connectivity index (χ0v) is 15.6. The Morgan fingerprint density at radius 1 is 1.59 bits per heavy atom. The number of hydrogen-bond donors (Lipinski definition) is 0. The number of halogens is 1. The fourth-order valence-corrected chi connectivity index (χ4v) is 0.611. The Labute approximate surface area is 134 Å². The van der Waals surface area contributed by atoms with Crippen molar-refractivity contribution in [2.24, 2.45) is 0 Å². The number of allylic oxidation sites excluding steroid dienone is 1. The molecule has 0 bridgehead atoms. The molecular weight excluding hydrogens is 436 g/mol. The standard InChI is InChI=1S/C9H12NO2.CN.Cu.HI.Zn/c1-2-12-9(11)7-5-3-4-6-8-10;1-2;;;/h5H,2-4,6H2,1H3;;;1H;/q2*-1;+1;;+2/p-1. The van der Waals surface area contributed by atoms with Gasteiger partial charge in [0.25, 0.3) is 0 Å². The molecule has 0 unspecified atom stereocenters. The quantitative estimate of drug-likeness (QED) is 0.162. The average Bonchev–Trinajstić information content (AvgIpc) is 2.34. The van der Waals surface area contributed by atoms with E-state index in [1.807, 2.05) is 6.07 Å². The van der Waals surface area contributed by atoms with Gasteiger partial charge in [0.1, 0.15) is 5.97 Å². The van der Waals surface area contributed by atoms with Crippen LogP contribution in [0.15, 0.2) is 6.08 Å². The molecule has 0 atom stereocenters. The van der Waals surface area contributed by atoms with Gasteiger partial charge in [-0.15, -0.1) is 0 Å². The van der Waals surface area contributed by atoms with Gasteiger partial charge in [-0.3, -0.25) is 10.9 Å². The van der Waals surface area contributed by atoms with Crippen LogP contribution in [-0.2, 0) is 41.4 Å². The second-order valence-electron chi connectivity index (χ2n) is 2.12. The molecule has 17 heavy (non-hydrogen) atoms. The fourth-order valence-electron chi connectivity index (χ4n) is 0.611. The third kappa shape index (κ3) is 31.4. The first-order valence-corrected chi connectivity index (χ1v) is 13.5. The Hall–Kier alpha value is 0.0629. The number of nitriles is 1. The van der Waals surface area contributed by atoms with Gasteiger partial charge >= 0.3 is 51.6 Å². The Morgan fingerprint density at radius 3 is 2.53 bits per heavy atom. The summed E-state index contributed by atoms with van der Waals surface area (Å²) in [5.74, 6) is -0.436. The van der Waals surface area contributed by atoms with Crippen LogP contribution in [0.3, 0.4) is 0 Å². The van der Waals surface area contributed by atoms with Crippen LogP contribution in [0.4, 0.5) is 0 Å². The summed E-state index contributed by atoms with van der Waals surface area (Å²) in [4.78, 5) is 10.6. The Balaban J connectivity index is -0.000000152. The molecule has 0 heterocycles.